The number of amides is 1. The molecule has 1 aliphatic carbocycles. The number of esters is 1. The first-order valence-corrected chi connectivity index (χ1v) is 9.58. The average molecular weight is 374 g/mol. The lowest BCUT2D eigenvalue weighted by molar-refractivity contribution is -0.130. The first kappa shape index (κ1) is 18.1. The number of carbonyl (C=O) groups is 2. The van der Waals surface area contributed by atoms with Crippen LogP contribution < -0.4 is 10.5 Å². The molecule has 0 heterocycles. The van der Waals surface area contributed by atoms with Gasteiger partial charge in [-0.05, 0) is 37.1 Å². The van der Waals surface area contributed by atoms with Gasteiger partial charge in [-0.2, -0.15) is 0 Å². The molecule has 0 saturated heterocycles. The third kappa shape index (κ3) is 4.47. The zero-order valence-corrected chi connectivity index (χ0v) is 14.6. The number of nitrogens with one attached hydrogen (secondary N) is 1. The highest BCUT2D eigenvalue weighted by Gasteiger charge is 2.31. The third-order valence-electron chi connectivity index (χ3n) is 3.91. The molecule has 8 heteroatoms. The van der Waals surface area contributed by atoms with Crippen molar-refractivity contribution >= 4 is 21.9 Å². The molecule has 1 fully saturated rings. The molecule has 2 aromatic carbocycles. The minimum absolute atomic E-state index is 0.111. The van der Waals surface area contributed by atoms with E-state index in [0.29, 0.717) is 5.56 Å². The van der Waals surface area contributed by atoms with Crippen LogP contribution in [0.1, 0.15) is 34.9 Å². The van der Waals surface area contributed by atoms with E-state index in [1.807, 2.05) is 0 Å². The van der Waals surface area contributed by atoms with Crippen LogP contribution in [0, 0.1) is 0 Å². The predicted octanol–water partition coefficient (Wildman–Crippen LogP) is 1.51. The van der Waals surface area contributed by atoms with Crippen molar-refractivity contribution in [3.8, 4) is 0 Å². The second-order valence-electron chi connectivity index (χ2n) is 6.05. The molecule has 3 N–H and O–H groups in total. The third-order valence-corrected chi connectivity index (χ3v) is 4.84. The summed E-state index contributed by atoms with van der Waals surface area (Å²) in [7, 11) is -3.85. The van der Waals surface area contributed by atoms with Gasteiger partial charge in [-0.25, -0.2) is 18.4 Å². The Bertz CT molecular complexity index is 906. The van der Waals surface area contributed by atoms with Crippen LogP contribution in [0.5, 0.6) is 0 Å². The summed E-state index contributed by atoms with van der Waals surface area (Å²) in [5.41, 5.74) is 0.678. The molecule has 7 nitrogen and oxygen atoms in total. The van der Waals surface area contributed by atoms with Crippen LogP contribution in [0.2, 0.25) is 0 Å². The lowest BCUT2D eigenvalue weighted by Gasteiger charge is -2.18. The number of carbonyl (C=O) groups excluding carboxylic acids is 2. The Labute approximate surface area is 151 Å². The van der Waals surface area contributed by atoms with Crippen molar-refractivity contribution in [2.75, 3.05) is 0 Å². The van der Waals surface area contributed by atoms with E-state index in [9.17, 15) is 18.0 Å². The maximum absolute atomic E-state index is 12.5. The van der Waals surface area contributed by atoms with Crippen molar-refractivity contribution in [2.45, 2.75) is 29.9 Å². The molecule has 1 saturated carbocycles. The first-order chi connectivity index (χ1) is 12.3. The summed E-state index contributed by atoms with van der Waals surface area (Å²) in [5, 5.41) is 7.86. The summed E-state index contributed by atoms with van der Waals surface area (Å²) in [6.45, 7) is 0. The molecule has 0 aromatic heterocycles. The lowest BCUT2D eigenvalue weighted by atomic mass is 10.1. The van der Waals surface area contributed by atoms with Crippen molar-refractivity contribution in [3.63, 3.8) is 0 Å². The van der Waals surface area contributed by atoms with E-state index in [-0.39, 0.29) is 22.4 Å². The summed E-state index contributed by atoms with van der Waals surface area (Å²) in [5.74, 6) is -1.11. The fourth-order valence-corrected chi connectivity index (χ4v) is 2.88. The number of benzene rings is 2. The van der Waals surface area contributed by atoms with E-state index in [4.69, 9.17) is 9.88 Å². The Hall–Kier alpha value is -2.71. The molecule has 136 valence electrons. The van der Waals surface area contributed by atoms with Gasteiger partial charge in [-0.1, -0.05) is 30.3 Å². The van der Waals surface area contributed by atoms with Crippen LogP contribution in [0.4, 0.5) is 0 Å². The lowest BCUT2D eigenvalue weighted by Crippen LogP contribution is -2.33. The molecule has 1 atom stereocenters. The Balaban J connectivity index is 1.79. The fraction of sp³-hybridized carbons (Fsp3) is 0.222. The van der Waals surface area contributed by atoms with E-state index in [0.717, 1.165) is 12.8 Å². The number of sulfonamides is 1. The van der Waals surface area contributed by atoms with E-state index < -0.39 is 22.1 Å². The Morgan fingerprint density at radius 3 is 2.19 bits per heavy atom. The molecule has 0 bridgehead atoms. The molecule has 26 heavy (non-hydrogen) atoms. The van der Waals surface area contributed by atoms with Gasteiger partial charge < -0.3 is 10.1 Å². The van der Waals surface area contributed by atoms with Gasteiger partial charge in [0.2, 0.25) is 16.1 Å². The minimum Gasteiger partial charge on any atom is -0.444 e. The van der Waals surface area contributed by atoms with Crippen LogP contribution in [0.25, 0.3) is 0 Å². The van der Waals surface area contributed by atoms with Crippen LogP contribution in [0.3, 0.4) is 0 Å². The molecule has 1 amide bonds. The number of hydrogen-bond donors (Lipinski definition) is 2. The quantitative estimate of drug-likeness (QED) is 0.744. The number of primary sulfonamides is 1. The second kappa shape index (κ2) is 7.27. The van der Waals surface area contributed by atoms with Gasteiger partial charge in [0, 0.05) is 11.6 Å². The maximum Gasteiger partial charge on any atom is 0.339 e. The van der Waals surface area contributed by atoms with Gasteiger partial charge in [-0.3, -0.25) is 4.79 Å². The average Bonchev–Trinajstić information content (AvgIpc) is 3.43. The van der Waals surface area contributed by atoms with E-state index in [1.165, 1.54) is 24.3 Å². The van der Waals surface area contributed by atoms with Crippen LogP contribution in [0.15, 0.2) is 59.5 Å². The van der Waals surface area contributed by atoms with E-state index in [2.05, 4.69) is 5.32 Å². The van der Waals surface area contributed by atoms with Crippen molar-refractivity contribution < 1.29 is 22.7 Å². The van der Waals surface area contributed by atoms with Crippen LogP contribution in [-0.2, 0) is 19.6 Å². The molecule has 1 aliphatic rings. The zero-order valence-electron chi connectivity index (χ0n) is 13.8. The normalized spacial score (nSPS) is 15.1. The molecule has 2 aromatic rings. The smallest absolute Gasteiger partial charge is 0.339 e. The standard InChI is InChI=1S/C18H18N2O5S/c19-26(23,24)15-10-6-13(7-11-15)18(22)25-16(12-4-2-1-3-5-12)17(21)20-14-8-9-14/h1-7,10-11,14,16H,8-9H2,(H,20,21)(H2,19,23,24). The van der Waals surface area contributed by atoms with Crippen molar-refractivity contribution in [1.82, 2.24) is 5.32 Å². The number of nitrogens with two attached hydrogens (primary N) is 1. The summed E-state index contributed by atoms with van der Waals surface area (Å²) in [6, 6.07) is 13.9. The molecule has 1 unspecified atom stereocenters. The minimum atomic E-state index is -3.85. The fourth-order valence-electron chi connectivity index (χ4n) is 2.36. The Morgan fingerprint density at radius 1 is 1.04 bits per heavy atom. The molecular weight excluding hydrogens is 356 g/mol. The Morgan fingerprint density at radius 2 is 1.65 bits per heavy atom. The Kier molecular flexibility index (Phi) is 5.06. The monoisotopic (exact) mass is 374 g/mol. The summed E-state index contributed by atoms with van der Waals surface area (Å²) in [4.78, 5) is 24.8. The van der Waals surface area contributed by atoms with Crippen molar-refractivity contribution in [3.05, 3.63) is 65.7 Å². The number of rotatable bonds is 6. The largest absolute Gasteiger partial charge is 0.444 e. The van der Waals surface area contributed by atoms with E-state index in [1.54, 1.807) is 30.3 Å². The SMILES string of the molecule is NS(=O)(=O)c1ccc(C(=O)OC(C(=O)NC2CC2)c2ccccc2)cc1. The van der Waals surface area contributed by atoms with Crippen molar-refractivity contribution in [1.29, 1.82) is 0 Å². The van der Waals surface area contributed by atoms with Crippen LogP contribution in [-0.4, -0.2) is 26.3 Å². The molecule has 0 aliphatic heterocycles. The van der Waals surface area contributed by atoms with Gasteiger partial charge in [0.25, 0.3) is 5.91 Å². The second-order valence-corrected chi connectivity index (χ2v) is 7.61. The maximum atomic E-state index is 12.5. The summed E-state index contributed by atoms with van der Waals surface area (Å²) < 4.78 is 28.0. The number of hydrogen-bond acceptors (Lipinski definition) is 5. The van der Waals surface area contributed by atoms with Crippen LogP contribution >= 0.6 is 0 Å². The van der Waals surface area contributed by atoms with E-state index >= 15 is 0 Å². The number of ether oxygens (including phenoxy) is 1. The molecule has 0 radical (unpaired) electrons. The first-order valence-electron chi connectivity index (χ1n) is 8.04. The molecule has 0 spiro atoms. The topological polar surface area (TPSA) is 116 Å². The molecule has 3 rings (SSSR count). The summed E-state index contributed by atoms with van der Waals surface area (Å²) >= 11 is 0. The summed E-state index contributed by atoms with van der Waals surface area (Å²) in [6.07, 6.45) is 0.745. The van der Waals surface area contributed by atoms with Gasteiger partial charge in [-0.15, -0.1) is 0 Å². The van der Waals surface area contributed by atoms with Gasteiger partial charge in [0.15, 0.2) is 0 Å². The highest BCUT2D eigenvalue weighted by atomic mass is 32.2. The highest BCUT2D eigenvalue weighted by Crippen LogP contribution is 2.24. The van der Waals surface area contributed by atoms with Gasteiger partial charge in [0.05, 0.1) is 10.5 Å². The van der Waals surface area contributed by atoms with Gasteiger partial charge >= 0.3 is 5.97 Å². The van der Waals surface area contributed by atoms with Gasteiger partial charge in [0.1, 0.15) is 0 Å². The predicted molar refractivity (Wildman–Crippen MR) is 93.6 cm³/mol. The highest BCUT2D eigenvalue weighted by molar-refractivity contribution is 7.89. The van der Waals surface area contributed by atoms with Crippen molar-refractivity contribution in [2.24, 2.45) is 5.14 Å². The zero-order chi connectivity index (χ0) is 18.7. The molecular formula is C18H18N2O5S.